The highest BCUT2D eigenvalue weighted by Gasteiger charge is 2.32. The van der Waals surface area contributed by atoms with Crippen molar-refractivity contribution in [2.45, 2.75) is 18.6 Å². The number of ether oxygens (including phenoxy) is 1. The third kappa shape index (κ3) is 6.55. The van der Waals surface area contributed by atoms with Crippen LogP contribution in [0.2, 0.25) is 10.0 Å². The first-order valence-corrected chi connectivity index (χ1v) is 12.2. The first kappa shape index (κ1) is 23.8. The lowest BCUT2D eigenvalue weighted by Gasteiger charge is -2.30. The Morgan fingerprint density at radius 3 is 2.45 bits per heavy atom. The Morgan fingerprint density at radius 2 is 1.81 bits per heavy atom. The van der Waals surface area contributed by atoms with Gasteiger partial charge >= 0.3 is 0 Å². The molecule has 0 aromatic heterocycles. The molecule has 0 spiro atoms. The second-order valence-corrected chi connectivity index (χ2v) is 10.0. The van der Waals surface area contributed by atoms with Gasteiger partial charge in [-0.1, -0.05) is 29.3 Å². The number of carbonyl (C=O) groups excluding carboxylic acids is 1. The Labute approximate surface area is 191 Å². The fourth-order valence-electron chi connectivity index (χ4n) is 3.36. The molecule has 1 heterocycles. The van der Waals surface area contributed by atoms with Crippen molar-refractivity contribution in [3.8, 4) is 5.75 Å². The van der Waals surface area contributed by atoms with Gasteiger partial charge in [0, 0.05) is 34.6 Å². The third-order valence-corrected chi connectivity index (χ3v) is 7.50. The van der Waals surface area contributed by atoms with Gasteiger partial charge in [0.25, 0.3) is 0 Å². The van der Waals surface area contributed by atoms with Gasteiger partial charge in [0.15, 0.2) is 0 Å². The highest BCUT2D eigenvalue weighted by atomic mass is 35.5. The number of sulfonamides is 1. The summed E-state index contributed by atoms with van der Waals surface area (Å²) in [5.74, 6) is -0.900. The molecule has 1 aliphatic heterocycles. The average molecular weight is 489 g/mol. The van der Waals surface area contributed by atoms with Crippen molar-refractivity contribution >= 4 is 39.1 Å². The molecule has 2 aromatic carbocycles. The van der Waals surface area contributed by atoms with E-state index >= 15 is 0 Å². The lowest BCUT2D eigenvalue weighted by Crippen LogP contribution is -2.44. The van der Waals surface area contributed by atoms with E-state index in [0.29, 0.717) is 36.8 Å². The number of halogens is 3. The molecule has 31 heavy (non-hydrogen) atoms. The van der Waals surface area contributed by atoms with Crippen molar-refractivity contribution in [3.05, 3.63) is 63.9 Å². The summed E-state index contributed by atoms with van der Waals surface area (Å²) in [6.45, 7) is 1.05. The van der Waals surface area contributed by atoms with Crippen molar-refractivity contribution in [1.82, 2.24) is 9.62 Å². The predicted octanol–water partition coefficient (Wildman–Crippen LogP) is 3.87. The monoisotopic (exact) mass is 488 g/mol. The van der Waals surface area contributed by atoms with Crippen LogP contribution in [0, 0.1) is 11.7 Å². The van der Waals surface area contributed by atoms with Crippen LogP contribution in [0.4, 0.5) is 4.39 Å². The molecule has 1 saturated heterocycles. The van der Waals surface area contributed by atoms with E-state index in [1.54, 1.807) is 24.3 Å². The maximum absolute atomic E-state index is 14.0. The summed E-state index contributed by atoms with van der Waals surface area (Å²) in [6, 6.07) is 11.0. The molecule has 1 aliphatic rings. The summed E-state index contributed by atoms with van der Waals surface area (Å²) in [7, 11) is -3.74. The number of hydrogen-bond acceptors (Lipinski definition) is 4. The standard InChI is InChI=1S/C21H23Cl2FN2O4S/c22-16-4-6-17(7-5-16)30-13-10-25-21(27)15-8-11-26(12-9-15)31(28,29)14-18-19(23)2-1-3-20(18)24/h1-7,15H,8-14H2,(H,25,27). The van der Waals surface area contributed by atoms with Gasteiger partial charge in [-0.15, -0.1) is 0 Å². The maximum atomic E-state index is 14.0. The quantitative estimate of drug-likeness (QED) is 0.572. The molecule has 1 N–H and O–H groups in total. The number of benzene rings is 2. The molecule has 0 atom stereocenters. The maximum Gasteiger partial charge on any atom is 0.223 e. The molecule has 168 valence electrons. The molecule has 0 bridgehead atoms. The molecular formula is C21H23Cl2FN2O4S. The van der Waals surface area contributed by atoms with Gasteiger partial charge in [0.1, 0.15) is 18.2 Å². The van der Waals surface area contributed by atoms with Crippen LogP contribution in [-0.2, 0) is 20.6 Å². The fourth-order valence-corrected chi connectivity index (χ4v) is 5.40. The van der Waals surface area contributed by atoms with Crippen LogP contribution >= 0.6 is 23.2 Å². The zero-order valence-corrected chi connectivity index (χ0v) is 19.0. The minimum Gasteiger partial charge on any atom is -0.492 e. The number of rotatable bonds is 8. The molecule has 1 amide bonds. The molecule has 2 aromatic rings. The smallest absolute Gasteiger partial charge is 0.223 e. The number of carbonyl (C=O) groups is 1. The molecule has 0 aliphatic carbocycles. The minimum atomic E-state index is -3.74. The van der Waals surface area contributed by atoms with E-state index in [-0.39, 0.29) is 35.5 Å². The lowest BCUT2D eigenvalue weighted by molar-refractivity contribution is -0.126. The van der Waals surface area contributed by atoms with E-state index < -0.39 is 21.6 Å². The van der Waals surface area contributed by atoms with Crippen LogP contribution in [0.25, 0.3) is 0 Å². The van der Waals surface area contributed by atoms with Crippen LogP contribution in [-0.4, -0.2) is 44.9 Å². The summed E-state index contributed by atoms with van der Waals surface area (Å²) < 4.78 is 46.1. The molecule has 0 saturated carbocycles. The molecule has 0 unspecified atom stereocenters. The van der Waals surface area contributed by atoms with E-state index in [4.69, 9.17) is 27.9 Å². The number of piperidine rings is 1. The SMILES string of the molecule is O=C(NCCOc1ccc(Cl)cc1)C1CCN(S(=O)(=O)Cc2c(F)cccc2Cl)CC1. The highest BCUT2D eigenvalue weighted by Crippen LogP contribution is 2.26. The topological polar surface area (TPSA) is 75.7 Å². The molecular weight excluding hydrogens is 466 g/mol. The number of nitrogens with zero attached hydrogens (tertiary/aromatic N) is 1. The van der Waals surface area contributed by atoms with Crippen LogP contribution in [0.5, 0.6) is 5.75 Å². The summed E-state index contributed by atoms with van der Waals surface area (Å²) in [5, 5.41) is 3.52. The average Bonchev–Trinajstić information content (AvgIpc) is 2.75. The fraction of sp³-hybridized carbons (Fsp3) is 0.381. The van der Waals surface area contributed by atoms with Gasteiger partial charge in [-0.2, -0.15) is 0 Å². The Kier molecular flexibility index (Phi) is 8.16. The van der Waals surface area contributed by atoms with Crippen LogP contribution < -0.4 is 10.1 Å². The van der Waals surface area contributed by atoms with E-state index in [9.17, 15) is 17.6 Å². The number of amides is 1. The van der Waals surface area contributed by atoms with E-state index in [2.05, 4.69) is 5.32 Å². The first-order valence-electron chi connectivity index (χ1n) is 9.83. The summed E-state index contributed by atoms with van der Waals surface area (Å²) in [4.78, 5) is 12.4. The first-order chi connectivity index (χ1) is 14.8. The lowest BCUT2D eigenvalue weighted by atomic mass is 9.97. The van der Waals surface area contributed by atoms with Crippen LogP contribution in [0.15, 0.2) is 42.5 Å². The second-order valence-electron chi connectivity index (χ2n) is 7.22. The third-order valence-electron chi connectivity index (χ3n) is 5.09. The zero-order chi connectivity index (χ0) is 22.4. The van der Waals surface area contributed by atoms with Crippen molar-refractivity contribution in [1.29, 1.82) is 0 Å². The minimum absolute atomic E-state index is 0.0373. The van der Waals surface area contributed by atoms with Crippen LogP contribution in [0.3, 0.4) is 0 Å². The van der Waals surface area contributed by atoms with E-state index in [0.717, 1.165) is 0 Å². The molecule has 6 nitrogen and oxygen atoms in total. The van der Waals surface area contributed by atoms with E-state index in [1.807, 2.05) is 0 Å². The van der Waals surface area contributed by atoms with Gasteiger partial charge < -0.3 is 10.1 Å². The van der Waals surface area contributed by atoms with Gasteiger partial charge in [-0.25, -0.2) is 17.1 Å². The Bertz CT molecular complexity index is 990. The van der Waals surface area contributed by atoms with Gasteiger partial charge in [0.05, 0.1) is 12.3 Å². The zero-order valence-electron chi connectivity index (χ0n) is 16.7. The molecule has 0 radical (unpaired) electrons. The second kappa shape index (κ2) is 10.6. The van der Waals surface area contributed by atoms with Crippen molar-refractivity contribution in [2.75, 3.05) is 26.2 Å². The largest absolute Gasteiger partial charge is 0.492 e. The highest BCUT2D eigenvalue weighted by molar-refractivity contribution is 7.88. The predicted molar refractivity (Wildman–Crippen MR) is 118 cm³/mol. The Hall–Kier alpha value is -1.87. The number of hydrogen-bond donors (Lipinski definition) is 1. The molecule has 1 fully saturated rings. The van der Waals surface area contributed by atoms with Gasteiger partial charge in [0.2, 0.25) is 15.9 Å². The van der Waals surface area contributed by atoms with Gasteiger partial charge in [-0.05, 0) is 49.2 Å². The van der Waals surface area contributed by atoms with Crippen LogP contribution in [0.1, 0.15) is 18.4 Å². The van der Waals surface area contributed by atoms with Crippen molar-refractivity contribution in [3.63, 3.8) is 0 Å². The Morgan fingerprint density at radius 1 is 1.13 bits per heavy atom. The summed E-state index contributed by atoms with van der Waals surface area (Å²) >= 11 is 11.8. The summed E-state index contributed by atoms with van der Waals surface area (Å²) in [5.41, 5.74) is -0.0373. The normalized spacial score (nSPS) is 15.6. The molecule has 10 heteroatoms. The van der Waals surface area contributed by atoms with Crippen molar-refractivity contribution < 1.29 is 22.3 Å². The molecule has 3 rings (SSSR count). The van der Waals surface area contributed by atoms with Gasteiger partial charge in [-0.3, -0.25) is 4.79 Å². The van der Waals surface area contributed by atoms with Crippen molar-refractivity contribution in [2.24, 2.45) is 5.92 Å². The summed E-state index contributed by atoms with van der Waals surface area (Å²) in [6.07, 6.45) is 0.794. The Balaban J connectivity index is 1.44. The van der Waals surface area contributed by atoms with E-state index in [1.165, 1.54) is 22.5 Å². The number of nitrogens with one attached hydrogen (secondary N) is 1.